The lowest BCUT2D eigenvalue weighted by molar-refractivity contribution is -0.143. The highest BCUT2D eigenvalue weighted by Crippen LogP contribution is 2.25. The first kappa shape index (κ1) is 27.0. The third kappa shape index (κ3) is 7.65. The van der Waals surface area contributed by atoms with Crippen molar-refractivity contribution in [2.24, 2.45) is 0 Å². The number of ether oxygens (including phenoxy) is 1. The van der Waals surface area contributed by atoms with Gasteiger partial charge in [-0.05, 0) is 74.1 Å². The van der Waals surface area contributed by atoms with E-state index in [0.29, 0.717) is 28.8 Å². The van der Waals surface area contributed by atoms with Crippen LogP contribution in [0.2, 0.25) is 10.0 Å². The highest BCUT2D eigenvalue weighted by molar-refractivity contribution is 6.35. The smallest absolute Gasteiger partial charge is 0.261 e. The zero-order valence-electron chi connectivity index (χ0n) is 20.1. The van der Waals surface area contributed by atoms with Crippen LogP contribution in [-0.2, 0) is 16.1 Å². The van der Waals surface area contributed by atoms with Crippen molar-refractivity contribution in [1.29, 1.82) is 0 Å². The second-order valence-corrected chi connectivity index (χ2v) is 9.16. The Morgan fingerprint density at radius 1 is 1.09 bits per heavy atom. The summed E-state index contributed by atoms with van der Waals surface area (Å²) in [5.41, 5.74) is 3.87. The maximum atomic E-state index is 13.4. The molecule has 0 radical (unpaired) electrons. The van der Waals surface area contributed by atoms with Crippen molar-refractivity contribution in [3.63, 3.8) is 0 Å². The Balaban J connectivity index is 2.28. The standard InChI is InChI=1S/C26H34Cl2N2O3/c1-6-8-11-29-26(32)23(7-2)30(15-20-9-10-21(27)14-22(20)28)25(31)16-33-24-13-17(3)12-18(4)19(24)5/h9-10,12-14,23H,6-8,11,15-16H2,1-5H3,(H,29,32)/t23-/m1/s1. The number of carbonyl (C=O) groups is 2. The fourth-order valence-corrected chi connectivity index (χ4v) is 4.10. The minimum atomic E-state index is -0.634. The summed E-state index contributed by atoms with van der Waals surface area (Å²) in [7, 11) is 0. The Hall–Kier alpha value is -2.24. The topological polar surface area (TPSA) is 58.6 Å². The molecule has 2 amide bonds. The van der Waals surface area contributed by atoms with Crippen LogP contribution in [0.1, 0.15) is 55.4 Å². The third-order valence-electron chi connectivity index (χ3n) is 5.69. The molecule has 0 aliphatic heterocycles. The zero-order chi connectivity index (χ0) is 24.5. The van der Waals surface area contributed by atoms with Crippen molar-refractivity contribution in [3.8, 4) is 5.75 Å². The van der Waals surface area contributed by atoms with Crippen molar-refractivity contribution in [3.05, 3.63) is 62.6 Å². The SMILES string of the molecule is CCCCNC(=O)[C@@H](CC)N(Cc1ccc(Cl)cc1Cl)C(=O)COc1cc(C)cc(C)c1C. The molecule has 0 aliphatic carbocycles. The second-order valence-electron chi connectivity index (χ2n) is 8.32. The van der Waals surface area contributed by atoms with E-state index in [2.05, 4.69) is 18.3 Å². The summed E-state index contributed by atoms with van der Waals surface area (Å²) < 4.78 is 5.92. The van der Waals surface area contributed by atoms with Gasteiger partial charge in [-0.15, -0.1) is 0 Å². The molecule has 5 nitrogen and oxygen atoms in total. The Kier molecular flexibility index (Phi) is 10.5. The normalized spacial score (nSPS) is 11.7. The number of hydrogen-bond acceptors (Lipinski definition) is 3. The van der Waals surface area contributed by atoms with Gasteiger partial charge in [0.25, 0.3) is 5.91 Å². The first-order valence-corrected chi connectivity index (χ1v) is 12.1. The molecule has 2 aromatic rings. The van der Waals surface area contributed by atoms with Crippen LogP contribution in [0.15, 0.2) is 30.3 Å². The van der Waals surface area contributed by atoms with E-state index in [4.69, 9.17) is 27.9 Å². The van der Waals surface area contributed by atoms with Gasteiger partial charge in [0, 0.05) is 23.1 Å². The summed E-state index contributed by atoms with van der Waals surface area (Å²) in [6.07, 6.45) is 2.33. The van der Waals surface area contributed by atoms with Crippen LogP contribution in [0, 0.1) is 20.8 Å². The number of nitrogens with zero attached hydrogens (tertiary/aromatic N) is 1. The molecular formula is C26H34Cl2N2O3. The molecule has 0 aliphatic rings. The minimum absolute atomic E-state index is 0.173. The molecule has 0 aromatic heterocycles. The Morgan fingerprint density at radius 2 is 1.82 bits per heavy atom. The van der Waals surface area contributed by atoms with Crippen molar-refractivity contribution in [2.75, 3.05) is 13.2 Å². The van der Waals surface area contributed by atoms with Gasteiger partial charge >= 0.3 is 0 Å². The van der Waals surface area contributed by atoms with Crippen LogP contribution in [0.3, 0.4) is 0 Å². The Labute approximate surface area is 207 Å². The van der Waals surface area contributed by atoms with Crippen LogP contribution in [0.25, 0.3) is 0 Å². The largest absolute Gasteiger partial charge is 0.483 e. The number of halogens is 2. The number of unbranched alkanes of at least 4 members (excludes halogenated alkanes) is 1. The Morgan fingerprint density at radius 3 is 2.45 bits per heavy atom. The number of aryl methyl sites for hydroxylation is 2. The van der Waals surface area contributed by atoms with Crippen LogP contribution < -0.4 is 10.1 Å². The Bertz CT molecular complexity index is 978. The summed E-state index contributed by atoms with van der Waals surface area (Å²) in [5.74, 6) is 0.217. The molecule has 0 unspecified atom stereocenters. The van der Waals surface area contributed by atoms with E-state index in [0.717, 1.165) is 35.1 Å². The van der Waals surface area contributed by atoms with Crippen molar-refractivity contribution in [2.45, 2.75) is 66.5 Å². The van der Waals surface area contributed by atoms with Gasteiger partial charge in [0.15, 0.2) is 6.61 Å². The highest BCUT2D eigenvalue weighted by Gasteiger charge is 2.29. The summed E-state index contributed by atoms with van der Waals surface area (Å²) >= 11 is 12.4. The molecule has 0 bridgehead atoms. The quantitative estimate of drug-likeness (QED) is 0.390. The molecule has 1 N–H and O–H groups in total. The van der Waals surface area contributed by atoms with Gasteiger partial charge in [0.05, 0.1) is 0 Å². The van der Waals surface area contributed by atoms with Gasteiger partial charge in [0.1, 0.15) is 11.8 Å². The predicted octanol–water partition coefficient (Wildman–Crippen LogP) is 6.02. The van der Waals surface area contributed by atoms with Crippen molar-refractivity contribution < 1.29 is 14.3 Å². The van der Waals surface area contributed by atoms with Gasteiger partial charge in [0.2, 0.25) is 5.91 Å². The molecule has 2 aromatic carbocycles. The fourth-order valence-electron chi connectivity index (χ4n) is 3.63. The number of hydrogen-bond donors (Lipinski definition) is 1. The lowest BCUT2D eigenvalue weighted by Crippen LogP contribution is -2.50. The summed E-state index contributed by atoms with van der Waals surface area (Å²) in [5, 5.41) is 3.91. The zero-order valence-corrected chi connectivity index (χ0v) is 21.6. The van der Waals surface area contributed by atoms with Crippen molar-refractivity contribution >= 4 is 35.0 Å². The molecule has 1 atom stereocenters. The van der Waals surface area contributed by atoms with E-state index in [-0.39, 0.29) is 25.0 Å². The van der Waals surface area contributed by atoms with Crippen LogP contribution in [0.4, 0.5) is 0 Å². The molecule has 0 fully saturated rings. The van der Waals surface area contributed by atoms with E-state index in [1.807, 2.05) is 33.8 Å². The van der Waals surface area contributed by atoms with Crippen molar-refractivity contribution in [1.82, 2.24) is 10.2 Å². The van der Waals surface area contributed by atoms with Crippen LogP contribution in [-0.4, -0.2) is 35.9 Å². The lowest BCUT2D eigenvalue weighted by Gasteiger charge is -2.31. The number of benzene rings is 2. The van der Waals surface area contributed by atoms with E-state index < -0.39 is 6.04 Å². The van der Waals surface area contributed by atoms with Gasteiger partial charge in [-0.25, -0.2) is 0 Å². The van der Waals surface area contributed by atoms with Gasteiger partial charge in [-0.1, -0.05) is 55.6 Å². The van der Waals surface area contributed by atoms with Crippen LogP contribution >= 0.6 is 23.2 Å². The monoisotopic (exact) mass is 492 g/mol. The average molecular weight is 493 g/mol. The molecule has 0 heterocycles. The predicted molar refractivity (Wildman–Crippen MR) is 135 cm³/mol. The number of carbonyl (C=O) groups excluding carboxylic acids is 2. The van der Waals surface area contributed by atoms with E-state index in [1.165, 1.54) is 0 Å². The lowest BCUT2D eigenvalue weighted by atomic mass is 10.1. The summed E-state index contributed by atoms with van der Waals surface area (Å²) in [6, 6.07) is 8.51. The molecule has 180 valence electrons. The molecule has 0 spiro atoms. The highest BCUT2D eigenvalue weighted by atomic mass is 35.5. The third-order valence-corrected chi connectivity index (χ3v) is 6.27. The van der Waals surface area contributed by atoms with Gasteiger partial charge < -0.3 is 15.0 Å². The summed E-state index contributed by atoms with van der Waals surface area (Å²) in [6.45, 7) is 10.5. The number of nitrogens with one attached hydrogen (secondary N) is 1. The molecule has 0 saturated carbocycles. The van der Waals surface area contributed by atoms with Crippen LogP contribution in [0.5, 0.6) is 5.75 Å². The fraction of sp³-hybridized carbons (Fsp3) is 0.462. The van der Waals surface area contributed by atoms with Gasteiger partial charge in [-0.2, -0.15) is 0 Å². The van der Waals surface area contributed by atoms with E-state index in [1.54, 1.807) is 23.1 Å². The van der Waals surface area contributed by atoms with E-state index >= 15 is 0 Å². The van der Waals surface area contributed by atoms with E-state index in [9.17, 15) is 9.59 Å². The maximum Gasteiger partial charge on any atom is 0.261 e. The second kappa shape index (κ2) is 12.9. The minimum Gasteiger partial charge on any atom is -0.483 e. The summed E-state index contributed by atoms with van der Waals surface area (Å²) in [4.78, 5) is 27.9. The number of rotatable bonds is 11. The molecular weight excluding hydrogens is 459 g/mol. The maximum absolute atomic E-state index is 13.4. The molecule has 7 heteroatoms. The molecule has 0 saturated heterocycles. The van der Waals surface area contributed by atoms with Gasteiger partial charge in [-0.3, -0.25) is 9.59 Å². The molecule has 33 heavy (non-hydrogen) atoms. The number of amides is 2. The molecule has 2 rings (SSSR count). The first-order valence-electron chi connectivity index (χ1n) is 11.4. The average Bonchev–Trinajstić information content (AvgIpc) is 2.76. The first-order chi connectivity index (χ1) is 15.7.